The summed E-state index contributed by atoms with van der Waals surface area (Å²) in [6.07, 6.45) is 15.2. The van der Waals surface area contributed by atoms with E-state index in [2.05, 4.69) is 26.5 Å². The monoisotopic (exact) mass is 603 g/mol. The molecule has 0 amide bonds. The third kappa shape index (κ3) is 9.54. The van der Waals surface area contributed by atoms with E-state index in [1.807, 2.05) is 13.8 Å². The van der Waals surface area contributed by atoms with Gasteiger partial charge in [-0.15, -0.1) is 0 Å². The number of phosphoric acid groups is 1. The Bertz CT molecular complexity index is 1140. The average Bonchev–Trinajstić information content (AvgIpc) is 2.89. The number of esters is 1. The molecule has 2 aliphatic rings. The Kier molecular flexibility index (Phi) is 13.4. The van der Waals surface area contributed by atoms with E-state index >= 15 is 0 Å². The van der Waals surface area contributed by atoms with Gasteiger partial charge in [0, 0.05) is 11.5 Å². The third-order valence-corrected chi connectivity index (χ3v) is 9.77. The number of phosphoric ester groups is 1. The summed E-state index contributed by atoms with van der Waals surface area (Å²) in [5, 5.41) is 11.2. The molecule has 42 heavy (non-hydrogen) atoms. The van der Waals surface area contributed by atoms with Crippen LogP contribution in [0.2, 0.25) is 0 Å². The number of ether oxygens (including phenoxy) is 1. The lowest BCUT2D eigenvalue weighted by atomic mass is 9.73. The second-order valence-electron chi connectivity index (χ2n) is 12.4. The fraction of sp³-hybridized carbons (Fsp3) is 0.676. The van der Waals surface area contributed by atoms with Crippen LogP contribution in [-0.4, -0.2) is 23.3 Å². The van der Waals surface area contributed by atoms with E-state index in [0.29, 0.717) is 24.8 Å². The molecule has 0 spiro atoms. The highest BCUT2D eigenvalue weighted by Gasteiger charge is 2.50. The Balaban J connectivity index is 1.73. The first-order valence-electron chi connectivity index (χ1n) is 16.1. The summed E-state index contributed by atoms with van der Waals surface area (Å²) in [5.74, 6) is -0.583. The predicted molar refractivity (Wildman–Crippen MR) is 166 cm³/mol. The van der Waals surface area contributed by atoms with Gasteiger partial charge in [0.1, 0.15) is 11.5 Å². The van der Waals surface area contributed by atoms with E-state index in [4.69, 9.17) is 13.8 Å². The molecule has 0 saturated heterocycles. The summed E-state index contributed by atoms with van der Waals surface area (Å²) in [7, 11) is -4.73. The summed E-state index contributed by atoms with van der Waals surface area (Å²) >= 11 is 0. The predicted octanol–water partition coefficient (Wildman–Crippen LogP) is 8.83. The van der Waals surface area contributed by atoms with Crippen LogP contribution in [0.1, 0.15) is 135 Å². The maximum absolute atomic E-state index is 13.6. The van der Waals surface area contributed by atoms with Gasteiger partial charge in [0.2, 0.25) is 0 Å². The Morgan fingerprint density at radius 3 is 2.36 bits per heavy atom. The van der Waals surface area contributed by atoms with Crippen molar-refractivity contribution >= 4 is 13.8 Å². The number of phenols is 1. The van der Waals surface area contributed by atoms with Crippen molar-refractivity contribution in [1.82, 2.24) is 0 Å². The molecule has 0 radical (unpaired) electrons. The molecular formula is C34H52O7P-. The van der Waals surface area contributed by atoms with Crippen LogP contribution >= 0.6 is 7.82 Å². The molecule has 3 rings (SSSR count). The molecule has 1 aromatic carbocycles. The second-order valence-corrected chi connectivity index (χ2v) is 13.7. The van der Waals surface area contributed by atoms with Crippen molar-refractivity contribution in [2.45, 2.75) is 136 Å². The minimum atomic E-state index is -4.73. The quantitative estimate of drug-likeness (QED) is 0.0587. The van der Waals surface area contributed by atoms with E-state index in [9.17, 15) is 19.4 Å². The molecule has 0 aliphatic heterocycles. The molecule has 1 fully saturated rings. The zero-order valence-corrected chi connectivity index (χ0v) is 27.1. The summed E-state index contributed by atoms with van der Waals surface area (Å²) in [6, 6.07) is 3.54. The van der Waals surface area contributed by atoms with Crippen molar-refractivity contribution in [3.8, 4) is 11.5 Å². The maximum Gasteiger partial charge on any atom is 0.344 e. The highest BCUT2D eigenvalue weighted by atomic mass is 31.2. The number of rotatable bonds is 18. The van der Waals surface area contributed by atoms with Gasteiger partial charge >= 0.3 is 5.97 Å². The summed E-state index contributed by atoms with van der Waals surface area (Å²) in [5.41, 5.74) is 1.96. The van der Waals surface area contributed by atoms with Crippen LogP contribution in [0.25, 0.3) is 0 Å². The summed E-state index contributed by atoms with van der Waals surface area (Å²) in [6.45, 7) is 12.5. The van der Waals surface area contributed by atoms with Crippen LogP contribution in [0.15, 0.2) is 35.9 Å². The standard InChI is InChI=1S/C34H53O7P/c1-6-8-9-10-11-12-13-14-21-39-42(37,38)41-34(19-15-20-34)33(36)40-31-24-27(16-7-2)23-30(35)32(31)29-22-26(5)17-18-28(29)25(3)4/h22-24,28-29,35H,3,6-21H2,1-2,4-5H3,(H,37,38)/p-1/t28-,29+/m0/s1. The van der Waals surface area contributed by atoms with E-state index in [1.54, 1.807) is 12.1 Å². The Morgan fingerprint density at radius 1 is 1.10 bits per heavy atom. The van der Waals surface area contributed by atoms with E-state index < -0.39 is 19.4 Å². The van der Waals surface area contributed by atoms with E-state index in [1.165, 1.54) is 31.3 Å². The van der Waals surface area contributed by atoms with Gasteiger partial charge < -0.3 is 19.3 Å². The first-order chi connectivity index (χ1) is 20.0. The number of allylic oxidation sites excluding steroid dienone is 3. The van der Waals surface area contributed by atoms with Crippen LogP contribution in [0.5, 0.6) is 11.5 Å². The van der Waals surface area contributed by atoms with Crippen molar-refractivity contribution in [1.29, 1.82) is 0 Å². The number of benzene rings is 1. The molecule has 1 saturated carbocycles. The number of hydrogen-bond acceptors (Lipinski definition) is 7. The number of hydrogen-bond donors (Lipinski definition) is 1. The Labute approximate surface area is 253 Å². The molecule has 1 aromatic rings. The second kappa shape index (κ2) is 16.2. The van der Waals surface area contributed by atoms with Crippen LogP contribution in [0.3, 0.4) is 0 Å². The minimum absolute atomic E-state index is 0.0353. The molecule has 8 heteroatoms. The van der Waals surface area contributed by atoms with Crippen molar-refractivity contribution in [3.05, 3.63) is 47.1 Å². The van der Waals surface area contributed by atoms with Gasteiger partial charge in [0.25, 0.3) is 7.82 Å². The molecule has 1 unspecified atom stereocenters. The number of carbonyl (C=O) groups excluding carboxylic acids is 1. The Hall–Kier alpha value is -1.92. The first kappa shape index (κ1) is 34.6. The zero-order valence-electron chi connectivity index (χ0n) is 26.3. The molecule has 0 aromatic heterocycles. The summed E-state index contributed by atoms with van der Waals surface area (Å²) < 4.78 is 29.4. The van der Waals surface area contributed by atoms with Crippen LogP contribution in [0.4, 0.5) is 0 Å². The maximum atomic E-state index is 13.6. The topological polar surface area (TPSA) is 105 Å². The smallest absolute Gasteiger partial charge is 0.344 e. The van der Waals surface area contributed by atoms with Crippen LogP contribution < -0.4 is 9.63 Å². The Morgan fingerprint density at radius 2 is 1.76 bits per heavy atom. The molecule has 0 heterocycles. The normalized spacial score (nSPS) is 21.2. The summed E-state index contributed by atoms with van der Waals surface area (Å²) in [4.78, 5) is 26.4. The van der Waals surface area contributed by atoms with Crippen molar-refractivity contribution < 1.29 is 33.1 Å². The van der Waals surface area contributed by atoms with Gasteiger partial charge in [-0.1, -0.05) is 89.0 Å². The van der Waals surface area contributed by atoms with Gasteiger partial charge in [-0.2, -0.15) is 0 Å². The highest BCUT2D eigenvalue weighted by molar-refractivity contribution is 7.46. The molecule has 2 aliphatic carbocycles. The van der Waals surface area contributed by atoms with E-state index in [-0.39, 0.29) is 42.8 Å². The van der Waals surface area contributed by atoms with Gasteiger partial charge in [-0.05, 0) is 82.4 Å². The zero-order chi connectivity index (χ0) is 30.8. The molecule has 236 valence electrons. The number of carbonyl (C=O) groups is 1. The van der Waals surface area contributed by atoms with Crippen molar-refractivity contribution in [2.24, 2.45) is 5.92 Å². The SMILES string of the molecule is C=C(C)[C@@H]1CCC(C)=C[C@H]1c1c(O)cc(CCC)cc1OC(=O)C1(OP(=O)([O-])OCCCCCCCCCC)CCC1. The number of unbranched alkanes of at least 4 members (excludes halogenated alkanes) is 7. The van der Waals surface area contributed by atoms with E-state index in [0.717, 1.165) is 49.7 Å². The van der Waals surface area contributed by atoms with Gasteiger partial charge in [-0.3, -0.25) is 9.09 Å². The van der Waals surface area contributed by atoms with Crippen LogP contribution in [-0.2, 0) is 24.8 Å². The highest BCUT2D eigenvalue weighted by Crippen LogP contribution is 2.52. The number of aromatic hydroxyl groups is 1. The fourth-order valence-electron chi connectivity index (χ4n) is 6.10. The third-order valence-electron chi connectivity index (χ3n) is 8.70. The minimum Gasteiger partial charge on any atom is -0.756 e. The molecular weight excluding hydrogens is 551 g/mol. The fourth-order valence-corrected chi connectivity index (χ4v) is 7.19. The van der Waals surface area contributed by atoms with Gasteiger partial charge in [-0.25, -0.2) is 4.79 Å². The largest absolute Gasteiger partial charge is 0.756 e. The van der Waals surface area contributed by atoms with Gasteiger partial charge in [0.15, 0.2) is 5.60 Å². The number of phenolic OH excluding ortho intramolecular Hbond substituents is 1. The first-order valence-corrected chi connectivity index (χ1v) is 17.5. The number of aryl methyl sites for hydroxylation is 1. The van der Waals surface area contributed by atoms with Crippen LogP contribution in [0, 0.1) is 5.92 Å². The van der Waals surface area contributed by atoms with Crippen molar-refractivity contribution in [2.75, 3.05) is 6.61 Å². The van der Waals surface area contributed by atoms with Crippen molar-refractivity contribution in [3.63, 3.8) is 0 Å². The molecule has 7 nitrogen and oxygen atoms in total. The lowest BCUT2D eigenvalue weighted by Crippen LogP contribution is -2.50. The lowest BCUT2D eigenvalue weighted by Gasteiger charge is -2.42. The lowest BCUT2D eigenvalue weighted by molar-refractivity contribution is -0.243. The molecule has 1 N–H and O–H groups in total. The average molecular weight is 604 g/mol. The molecule has 0 bridgehead atoms. The van der Waals surface area contributed by atoms with Gasteiger partial charge in [0.05, 0.1) is 6.61 Å². The molecule has 3 atom stereocenters.